The third kappa shape index (κ3) is 3.83. The number of thiazole rings is 1. The fourth-order valence-electron chi connectivity index (χ4n) is 3.07. The summed E-state index contributed by atoms with van der Waals surface area (Å²) in [6.07, 6.45) is 7.43. The molecule has 0 aliphatic heterocycles. The van der Waals surface area contributed by atoms with Crippen LogP contribution < -0.4 is 5.32 Å². The van der Waals surface area contributed by atoms with Crippen molar-refractivity contribution in [2.45, 2.75) is 75.9 Å². The Morgan fingerprint density at radius 3 is 2.86 bits per heavy atom. The molecule has 0 spiro atoms. The number of aliphatic hydroxyl groups is 1. The van der Waals surface area contributed by atoms with Crippen molar-refractivity contribution < 1.29 is 9.90 Å². The Morgan fingerprint density at radius 2 is 2.19 bits per heavy atom. The molecule has 1 atom stereocenters. The maximum Gasteiger partial charge on any atom is 0.223 e. The van der Waals surface area contributed by atoms with Gasteiger partial charge in [0.2, 0.25) is 5.91 Å². The highest BCUT2D eigenvalue weighted by atomic mass is 32.1. The average Bonchev–Trinajstić information content (AvgIpc) is 3.16. The summed E-state index contributed by atoms with van der Waals surface area (Å²) in [5.41, 5.74) is 0.162. The smallest absolute Gasteiger partial charge is 0.223 e. The minimum absolute atomic E-state index is 0.0622. The molecule has 116 valence electrons. The predicted molar refractivity (Wildman–Crippen MR) is 83.3 cm³/mol. The van der Waals surface area contributed by atoms with Crippen molar-refractivity contribution in [3.63, 3.8) is 0 Å². The largest absolute Gasteiger partial charge is 0.389 e. The average molecular weight is 308 g/mol. The number of aromatic nitrogens is 1. The van der Waals surface area contributed by atoms with Crippen molar-refractivity contribution in [3.8, 4) is 0 Å². The molecule has 1 heterocycles. The monoisotopic (exact) mass is 308 g/mol. The zero-order valence-electron chi connectivity index (χ0n) is 12.6. The lowest BCUT2D eigenvalue weighted by molar-refractivity contribution is -0.128. The highest BCUT2D eigenvalue weighted by Gasteiger charge is 2.32. The van der Waals surface area contributed by atoms with Crippen LogP contribution in [0.15, 0.2) is 5.38 Å². The second-order valence-electron chi connectivity index (χ2n) is 6.64. The molecule has 1 aromatic rings. The number of carbonyl (C=O) groups excluding carboxylic acids is 1. The SMILES string of the molecule is C[C@H](NC(=O)CC1(O)CCCCC1)c1csc(C2CC2)n1. The van der Waals surface area contributed by atoms with Gasteiger partial charge in [0.25, 0.3) is 0 Å². The molecule has 21 heavy (non-hydrogen) atoms. The van der Waals surface area contributed by atoms with Crippen molar-refractivity contribution >= 4 is 17.2 Å². The van der Waals surface area contributed by atoms with Crippen molar-refractivity contribution in [1.82, 2.24) is 10.3 Å². The number of amides is 1. The highest BCUT2D eigenvalue weighted by molar-refractivity contribution is 7.09. The van der Waals surface area contributed by atoms with Gasteiger partial charge in [-0.1, -0.05) is 19.3 Å². The molecule has 3 rings (SSSR count). The number of rotatable bonds is 5. The third-order valence-corrected chi connectivity index (χ3v) is 5.59. The molecule has 2 aliphatic rings. The standard InChI is InChI=1S/C16H24N2O2S/c1-11(13-10-21-15(18-13)12-5-6-12)17-14(19)9-16(20)7-3-2-4-8-16/h10-12,20H,2-9H2,1H3,(H,17,19)/t11-/m0/s1. The van der Waals surface area contributed by atoms with Gasteiger partial charge in [-0.05, 0) is 32.6 Å². The van der Waals surface area contributed by atoms with Crippen LogP contribution in [0.5, 0.6) is 0 Å². The lowest BCUT2D eigenvalue weighted by Gasteiger charge is -2.31. The fraction of sp³-hybridized carbons (Fsp3) is 0.750. The molecule has 2 fully saturated rings. The van der Waals surface area contributed by atoms with Gasteiger partial charge >= 0.3 is 0 Å². The Morgan fingerprint density at radius 1 is 1.48 bits per heavy atom. The van der Waals surface area contributed by atoms with Gasteiger partial charge in [-0.3, -0.25) is 4.79 Å². The fourth-order valence-corrected chi connectivity index (χ4v) is 4.15. The molecule has 2 N–H and O–H groups in total. The van der Waals surface area contributed by atoms with E-state index in [-0.39, 0.29) is 18.4 Å². The molecule has 2 aliphatic carbocycles. The lowest BCUT2D eigenvalue weighted by atomic mass is 9.82. The predicted octanol–water partition coefficient (Wildman–Crippen LogP) is 3.28. The second-order valence-corrected chi connectivity index (χ2v) is 7.53. The van der Waals surface area contributed by atoms with Gasteiger partial charge in [-0.15, -0.1) is 11.3 Å². The summed E-state index contributed by atoms with van der Waals surface area (Å²) in [7, 11) is 0. The first kappa shape index (κ1) is 15.0. The number of hydrogen-bond acceptors (Lipinski definition) is 4. The van der Waals surface area contributed by atoms with Crippen LogP contribution in [-0.2, 0) is 4.79 Å². The Bertz CT molecular complexity index is 504. The van der Waals surface area contributed by atoms with Crippen LogP contribution in [0, 0.1) is 0 Å². The summed E-state index contributed by atoms with van der Waals surface area (Å²) >= 11 is 1.70. The number of hydrogen-bond donors (Lipinski definition) is 2. The summed E-state index contributed by atoms with van der Waals surface area (Å²) in [6.45, 7) is 1.97. The van der Waals surface area contributed by atoms with Crippen LogP contribution in [0.2, 0.25) is 0 Å². The maximum atomic E-state index is 12.2. The quantitative estimate of drug-likeness (QED) is 0.877. The van der Waals surface area contributed by atoms with E-state index in [0.29, 0.717) is 5.92 Å². The van der Waals surface area contributed by atoms with E-state index >= 15 is 0 Å². The summed E-state index contributed by atoms with van der Waals surface area (Å²) in [6, 6.07) is -0.0755. The lowest BCUT2D eigenvalue weighted by Crippen LogP contribution is -2.39. The van der Waals surface area contributed by atoms with Gasteiger partial charge in [0.15, 0.2) is 0 Å². The topological polar surface area (TPSA) is 62.2 Å². The van der Waals surface area contributed by atoms with Gasteiger partial charge in [-0.25, -0.2) is 4.98 Å². The van der Waals surface area contributed by atoms with E-state index in [9.17, 15) is 9.90 Å². The molecular weight excluding hydrogens is 284 g/mol. The zero-order valence-corrected chi connectivity index (χ0v) is 13.4. The summed E-state index contributed by atoms with van der Waals surface area (Å²) in [4.78, 5) is 16.8. The van der Waals surface area contributed by atoms with E-state index in [1.54, 1.807) is 11.3 Å². The van der Waals surface area contributed by atoms with Crippen LogP contribution >= 0.6 is 11.3 Å². The molecule has 5 heteroatoms. The molecule has 0 aromatic carbocycles. The van der Waals surface area contributed by atoms with Crippen molar-refractivity contribution in [1.29, 1.82) is 0 Å². The van der Waals surface area contributed by atoms with E-state index in [0.717, 1.165) is 31.4 Å². The third-order valence-electron chi connectivity index (χ3n) is 4.56. The van der Waals surface area contributed by atoms with E-state index in [1.165, 1.54) is 24.3 Å². The summed E-state index contributed by atoms with van der Waals surface area (Å²) in [5.74, 6) is 0.600. The highest BCUT2D eigenvalue weighted by Crippen LogP contribution is 2.41. The Labute approximate surface area is 130 Å². The first-order valence-electron chi connectivity index (χ1n) is 8.03. The van der Waals surface area contributed by atoms with Crippen LogP contribution in [0.25, 0.3) is 0 Å². The molecular formula is C16H24N2O2S. The second kappa shape index (κ2) is 6.05. The maximum absolute atomic E-state index is 12.2. The number of nitrogens with one attached hydrogen (secondary N) is 1. The van der Waals surface area contributed by atoms with Crippen LogP contribution in [0.4, 0.5) is 0 Å². The first-order valence-corrected chi connectivity index (χ1v) is 8.91. The van der Waals surface area contributed by atoms with Gasteiger partial charge < -0.3 is 10.4 Å². The van der Waals surface area contributed by atoms with Gasteiger partial charge in [0.05, 0.1) is 28.8 Å². The number of carbonyl (C=O) groups is 1. The van der Waals surface area contributed by atoms with Crippen LogP contribution in [-0.4, -0.2) is 21.6 Å². The Balaban J connectivity index is 1.53. The van der Waals surface area contributed by atoms with Gasteiger partial charge in [0.1, 0.15) is 0 Å². The van der Waals surface area contributed by atoms with Crippen molar-refractivity contribution in [2.24, 2.45) is 0 Å². The molecule has 0 radical (unpaired) electrons. The molecule has 0 bridgehead atoms. The van der Waals surface area contributed by atoms with Crippen LogP contribution in [0.3, 0.4) is 0 Å². The molecule has 4 nitrogen and oxygen atoms in total. The minimum Gasteiger partial charge on any atom is -0.389 e. The minimum atomic E-state index is -0.788. The van der Waals surface area contributed by atoms with E-state index < -0.39 is 5.60 Å². The van der Waals surface area contributed by atoms with Crippen molar-refractivity contribution in [3.05, 3.63) is 16.1 Å². The normalized spacial score (nSPS) is 22.8. The van der Waals surface area contributed by atoms with Gasteiger partial charge in [-0.2, -0.15) is 0 Å². The van der Waals surface area contributed by atoms with E-state index in [1.807, 2.05) is 12.3 Å². The molecule has 1 aromatic heterocycles. The molecule has 1 amide bonds. The molecule has 0 saturated heterocycles. The van der Waals surface area contributed by atoms with E-state index in [2.05, 4.69) is 10.3 Å². The summed E-state index contributed by atoms with van der Waals surface area (Å²) in [5, 5.41) is 16.7. The van der Waals surface area contributed by atoms with E-state index in [4.69, 9.17) is 0 Å². The number of nitrogens with zero attached hydrogens (tertiary/aromatic N) is 1. The molecule has 2 saturated carbocycles. The summed E-state index contributed by atoms with van der Waals surface area (Å²) < 4.78 is 0. The van der Waals surface area contributed by atoms with Crippen LogP contribution in [0.1, 0.15) is 81.0 Å². The van der Waals surface area contributed by atoms with Crippen molar-refractivity contribution in [2.75, 3.05) is 0 Å². The first-order chi connectivity index (χ1) is 10.1. The van der Waals surface area contributed by atoms with Gasteiger partial charge in [0, 0.05) is 11.3 Å². The Hall–Kier alpha value is -0.940. The molecule has 0 unspecified atom stereocenters. The Kier molecular flexibility index (Phi) is 4.31. The zero-order chi connectivity index (χ0) is 14.9.